The minimum atomic E-state index is 0.284. The second-order valence-corrected chi connectivity index (χ2v) is 5.24. The molecule has 0 amide bonds. The number of benzene rings is 1. The number of ether oxygens (including phenoxy) is 2. The van der Waals surface area contributed by atoms with Crippen LogP contribution in [-0.2, 0) is 4.74 Å². The van der Waals surface area contributed by atoms with E-state index in [-0.39, 0.29) is 5.84 Å². The van der Waals surface area contributed by atoms with Gasteiger partial charge in [-0.25, -0.2) is 4.98 Å². The molecule has 0 aliphatic rings. The van der Waals surface area contributed by atoms with Crippen molar-refractivity contribution < 1.29 is 14.7 Å². The van der Waals surface area contributed by atoms with Crippen LogP contribution in [0.1, 0.15) is 5.56 Å². The van der Waals surface area contributed by atoms with Gasteiger partial charge >= 0.3 is 0 Å². The lowest BCUT2D eigenvalue weighted by atomic mass is 10.2. The molecule has 0 atom stereocenters. The molecule has 6 nitrogen and oxygen atoms in total. The van der Waals surface area contributed by atoms with E-state index in [1.807, 2.05) is 0 Å². The number of hydrogen-bond donors (Lipinski definition) is 2. The van der Waals surface area contributed by atoms with Crippen molar-refractivity contribution in [2.45, 2.75) is 0 Å². The van der Waals surface area contributed by atoms with E-state index in [9.17, 15) is 5.21 Å². The highest BCUT2D eigenvalue weighted by atomic mass is 35.5. The van der Waals surface area contributed by atoms with Crippen molar-refractivity contribution in [3.63, 3.8) is 0 Å². The van der Waals surface area contributed by atoms with E-state index in [0.717, 1.165) is 0 Å². The summed E-state index contributed by atoms with van der Waals surface area (Å²) >= 11 is 12.0. The first-order valence-corrected chi connectivity index (χ1v) is 7.42. The highest BCUT2D eigenvalue weighted by molar-refractivity contribution is 6.34. The fourth-order valence-corrected chi connectivity index (χ4v) is 2.04. The Morgan fingerprint density at radius 2 is 2.13 bits per heavy atom. The second-order valence-electron chi connectivity index (χ2n) is 4.39. The predicted octanol–water partition coefficient (Wildman–Crippen LogP) is 3.55. The SMILES string of the molecule is COCCN=C(NO)c1ccnc(Oc2cc(Cl)ccc2Cl)c1. The second kappa shape index (κ2) is 8.69. The summed E-state index contributed by atoms with van der Waals surface area (Å²) in [6.07, 6.45) is 1.53. The first kappa shape index (κ1) is 17.5. The molecular weight excluding hydrogens is 341 g/mol. The van der Waals surface area contributed by atoms with Gasteiger partial charge in [0.2, 0.25) is 5.88 Å². The van der Waals surface area contributed by atoms with Crippen LogP contribution in [-0.4, -0.2) is 36.3 Å². The Morgan fingerprint density at radius 1 is 1.30 bits per heavy atom. The number of rotatable bonds is 6. The molecule has 8 heteroatoms. The lowest BCUT2D eigenvalue weighted by molar-refractivity contribution is 0.206. The van der Waals surface area contributed by atoms with Crippen molar-refractivity contribution in [1.29, 1.82) is 0 Å². The third kappa shape index (κ3) is 5.07. The van der Waals surface area contributed by atoms with Crippen LogP contribution in [0.25, 0.3) is 0 Å². The summed E-state index contributed by atoms with van der Waals surface area (Å²) in [4.78, 5) is 8.29. The van der Waals surface area contributed by atoms with Gasteiger partial charge in [-0.1, -0.05) is 23.2 Å². The average Bonchev–Trinajstić information content (AvgIpc) is 2.55. The van der Waals surface area contributed by atoms with Gasteiger partial charge in [0.15, 0.2) is 5.84 Å². The maximum absolute atomic E-state index is 9.22. The average molecular weight is 356 g/mol. The molecule has 2 N–H and O–H groups in total. The summed E-state index contributed by atoms with van der Waals surface area (Å²) in [5.41, 5.74) is 2.66. The molecule has 0 aliphatic carbocycles. The van der Waals surface area contributed by atoms with Crippen molar-refractivity contribution in [2.75, 3.05) is 20.3 Å². The Morgan fingerprint density at radius 3 is 2.87 bits per heavy atom. The van der Waals surface area contributed by atoms with E-state index in [1.165, 1.54) is 6.20 Å². The number of aromatic nitrogens is 1. The Kier molecular flexibility index (Phi) is 6.61. The molecule has 0 aliphatic heterocycles. The van der Waals surface area contributed by atoms with E-state index in [1.54, 1.807) is 37.4 Å². The van der Waals surface area contributed by atoms with Crippen LogP contribution in [0, 0.1) is 0 Å². The lowest BCUT2D eigenvalue weighted by Crippen LogP contribution is -2.21. The Labute approximate surface area is 143 Å². The van der Waals surface area contributed by atoms with Crippen molar-refractivity contribution >= 4 is 29.0 Å². The van der Waals surface area contributed by atoms with E-state index >= 15 is 0 Å². The van der Waals surface area contributed by atoms with E-state index in [2.05, 4.69) is 15.5 Å². The number of amidine groups is 1. The molecule has 1 aromatic heterocycles. The predicted molar refractivity (Wildman–Crippen MR) is 89.0 cm³/mol. The number of nitrogens with one attached hydrogen (secondary N) is 1. The highest BCUT2D eigenvalue weighted by Gasteiger charge is 2.08. The smallest absolute Gasteiger partial charge is 0.219 e. The molecule has 0 saturated heterocycles. The standard InChI is InChI=1S/C15H15Cl2N3O3/c1-22-7-6-19-15(20-21)10-4-5-18-14(8-10)23-13-9-11(16)2-3-12(13)17/h2-5,8-9,21H,6-7H2,1H3,(H,19,20). The van der Waals surface area contributed by atoms with Gasteiger partial charge in [0, 0.05) is 36.0 Å². The summed E-state index contributed by atoms with van der Waals surface area (Å²) in [6, 6.07) is 8.19. The minimum Gasteiger partial charge on any atom is -0.437 e. The van der Waals surface area contributed by atoms with Crippen LogP contribution in [0.2, 0.25) is 10.0 Å². The van der Waals surface area contributed by atoms with Crippen LogP contribution < -0.4 is 10.2 Å². The maximum atomic E-state index is 9.22. The van der Waals surface area contributed by atoms with E-state index in [0.29, 0.717) is 40.4 Å². The zero-order valence-electron chi connectivity index (χ0n) is 12.3. The quantitative estimate of drug-likeness (QED) is 0.358. The van der Waals surface area contributed by atoms with Gasteiger partial charge in [0.1, 0.15) is 5.75 Å². The number of nitrogens with zero attached hydrogens (tertiary/aromatic N) is 2. The Balaban J connectivity index is 2.22. The van der Waals surface area contributed by atoms with Crippen molar-refractivity contribution in [2.24, 2.45) is 4.99 Å². The van der Waals surface area contributed by atoms with Gasteiger partial charge in [0.05, 0.1) is 18.2 Å². The molecule has 122 valence electrons. The van der Waals surface area contributed by atoms with E-state index < -0.39 is 0 Å². The topological polar surface area (TPSA) is 76.0 Å². The fraction of sp³-hybridized carbons (Fsp3) is 0.200. The van der Waals surface area contributed by atoms with Gasteiger partial charge in [-0.15, -0.1) is 0 Å². The van der Waals surface area contributed by atoms with Crippen LogP contribution in [0.4, 0.5) is 0 Å². The molecule has 0 bridgehead atoms. The molecule has 23 heavy (non-hydrogen) atoms. The molecule has 0 spiro atoms. The highest BCUT2D eigenvalue weighted by Crippen LogP contribution is 2.31. The van der Waals surface area contributed by atoms with Crippen LogP contribution in [0.15, 0.2) is 41.5 Å². The third-order valence-corrected chi connectivity index (χ3v) is 3.33. The summed E-state index contributed by atoms with van der Waals surface area (Å²) in [7, 11) is 1.58. The van der Waals surface area contributed by atoms with Crippen molar-refractivity contribution in [3.05, 3.63) is 52.1 Å². The number of hydroxylamine groups is 1. The van der Waals surface area contributed by atoms with Crippen molar-refractivity contribution in [3.8, 4) is 11.6 Å². The molecule has 0 fully saturated rings. The number of halogens is 2. The fourth-order valence-electron chi connectivity index (χ4n) is 1.72. The summed E-state index contributed by atoms with van der Waals surface area (Å²) in [6.45, 7) is 0.843. The third-order valence-electron chi connectivity index (χ3n) is 2.79. The van der Waals surface area contributed by atoms with Gasteiger partial charge < -0.3 is 9.47 Å². The van der Waals surface area contributed by atoms with Gasteiger partial charge in [0.25, 0.3) is 0 Å². The number of pyridine rings is 1. The summed E-state index contributed by atoms with van der Waals surface area (Å²) < 4.78 is 10.6. The van der Waals surface area contributed by atoms with Crippen LogP contribution in [0.5, 0.6) is 11.6 Å². The number of aliphatic imine (C=N–C) groups is 1. The van der Waals surface area contributed by atoms with Crippen molar-refractivity contribution in [1.82, 2.24) is 10.5 Å². The number of methoxy groups -OCH3 is 1. The monoisotopic (exact) mass is 355 g/mol. The summed E-state index contributed by atoms with van der Waals surface area (Å²) in [5.74, 6) is 0.964. The zero-order valence-corrected chi connectivity index (χ0v) is 13.8. The largest absolute Gasteiger partial charge is 0.437 e. The van der Waals surface area contributed by atoms with E-state index in [4.69, 9.17) is 32.7 Å². The maximum Gasteiger partial charge on any atom is 0.219 e. The molecule has 0 saturated carbocycles. The molecule has 2 rings (SSSR count). The normalized spacial score (nSPS) is 11.4. The zero-order chi connectivity index (χ0) is 16.7. The van der Waals surface area contributed by atoms with Gasteiger partial charge in [-0.2, -0.15) is 0 Å². The van der Waals surface area contributed by atoms with Gasteiger partial charge in [-0.3, -0.25) is 15.7 Å². The molecular formula is C15H15Cl2N3O3. The number of hydrogen-bond acceptors (Lipinski definition) is 5. The molecule has 0 unspecified atom stereocenters. The molecule has 2 aromatic rings. The van der Waals surface area contributed by atoms with Gasteiger partial charge in [-0.05, 0) is 18.2 Å². The molecule has 0 radical (unpaired) electrons. The van der Waals surface area contributed by atoms with Crippen LogP contribution in [0.3, 0.4) is 0 Å². The first-order chi connectivity index (χ1) is 11.1. The molecule has 1 heterocycles. The first-order valence-electron chi connectivity index (χ1n) is 6.67. The lowest BCUT2D eigenvalue weighted by Gasteiger charge is -2.09. The Bertz CT molecular complexity index is 695. The summed E-state index contributed by atoms with van der Waals surface area (Å²) in [5, 5.41) is 10.1. The minimum absolute atomic E-state index is 0.284. The molecule has 1 aromatic carbocycles. The Hall–Kier alpha value is -1.86. The van der Waals surface area contributed by atoms with Crippen LogP contribution >= 0.6 is 23.2 Å².